The molecule has 0 saturated carbocycles. The lowest BCUT2D eigenvalue weighted by Crippen LogP contribution is -2.15. The molecule has 1 aliphatic rings. The minimum Gasteiger partial charge on any atom is -0.438 e. The molecule has 3 heteroatoms. The molecule has 2 aromatic carbocycles. The number of hydrogen-bond donors (Lipinski definition) is 0. The lowest BCUT2D eigenvalue weighted by atomic mass is 9.81. The van der Waals surface area contributed by atoms with Gasteiger partial charge in [0.1, 0.15) is 5.58 Å². The Morgan fingerprint density at radius 2 is 1.85 bits per heavy atom. The van der Waals surface area contributed by atoms with E-state index >= 15 is 0 Å². The van der Waals surface area contributed by atoms with Crippen molar-refractivity contribution in [1.29, 1.82) is 0 Å². The Bertz CT molecular complexity index is 1360. The maximum atomic E-state index is 6.15. The van der Waals surface area contributed by atoms with E-state index in [4.69, 9.17) is 9.40 Å². The van der Waals surface area contributed by atoms with E-state index in [1.807, 2.05) is 30.5 Å². The van der Waals surface area contributed by atoms with Crippen LogP contribution in [0.5, 0.6) is 0 Å². The van der Waals surface area contributed by atoms with E-state index in [2.05, 4.69) is 49.2 Å². The average Bonchev–Trinajstić information content (AvgIpc) is 3.12. The van der Waals surface area contributed by atoms with Crippen LogP contribution in [0.25, 0.3) is 44.2 Å². The van der Waals surface area contributed by atoms with E-state index in [0.717, 1.165) is 27.6 Å². The van der Waals surface area contributed by atoms with E-state index in [9.17, 15) is 0 Å². The molecule has 0 aliphatic heterocycles. The molecule has 3 aromatic heterocycles. The summed E-state index contributed by atoms with van der Waals surface area (Å²) in [7, 11) is 0. The van der Waals surface area contributed by atoms with Crippen molar-refractivity contribution >= 4 is 33.0 Å². The summed E-state index contributed by atoms with van der Waals surface area (Å²) in [6.45, 7) is 4.54. The summed E-state index contributed by atoms with van der Waals surface area (Å²) in [5, 5.41) is 3.38. The van der Waals surface area contributed by atoms with Gasteiger partial charge in [-0.1, -0.05) is 38.1 Å². The van der Waals surface area contributed by atoms with Gasteiger partial charge in [0.2, 0.25) is 5.71 Å². The number of para-hydroxylation sites is 1. The molecule has 0 atom stereocenters. The quantitative estimate of drug-likeness (QED) is 0.357. The average molecular weight is 336 g/mol. The number of nitrogens with zero attached hydrogens (tertiary/aromatic N) is 2. The van der Waals surface area contributed by atoms with Crippen LogP contribution in [0.4, 0.5) is 0 Å². The summed E-state index contributed by atoms with van der Waals surface area (Å²) in [4.78, 5) is 9.43. The third-order valence-corrected chi connectivity index (χ3v) is 5.69. The standard InChI is InChI=1S/C23H16N2O/c1-23(2)16-7-5-11-24-21(16)14-9-10-18-19(20(14)23)15-12-13-6-3-4-8-17(13)25-22(15)26-18/h3-12H,1-2H3. The zero-order valence-electron chi connectivity index (χ0n) is 14.6. The Morgan fingerprint density at radius 3 is 2.77 bits per heavy atom. The van der Waals surface area contributed by atoms with Crippen molar-refractivity contribution in [3.05, 3.63) is 71.9 Å². The highest BCUT2D eigenvalue weighted by atomic mass is 16.3. The largest absolute Gasteiger partial charge is 0.438 e. The Morgan fingerprint density at radius 1 is 0.962 bits per heavy atom. The molecule has 0 spiro atoms. The highest BCUT2D eigenvalue weighted by molar-refractivity contribution is 6.12. The van der Waals surface area contributed by atoms with Gasteiger partial charge in [-0.2, -0.15) is 0 Å². The number of fused-ring (bicyclic) bond motifs is 8. The van der Waals surface area contributed by atoms with Crippen LogP contribution >= 0.6 is 0 Å². The van der Waals surface area contributed by atoms with Crippen LogP contribution in [0.3, 0.4) is 0 Å². The molecule has 0 saturated heterocycles. The van der Waals surface area contributed by atoms with Crippen LogP contribution in [0.1, 0.15) is 25.0 Å². The van der Waals surface area contributed by atoms with Crippen molar-refractivity contribution in [3.8, 4) is 11.3 Å². The smallest absolute Gasteiger partial charge is 0.227 e. The lowest BCUT2D eigenvalue weighted by Gasteiger charge is -2.21. The third-order valence-electron chi connectivity index (χ3n) is 5.69. The van der Waals surface area contributed by atoms with Crippen LogP contribution in [0, 0.1) is 0 Å². The second-order valence-electron chi connectivity index (χ2n) is 7.52. The predicted molar refractivity (Wildman–Crippen MR) is 104 cm³/mol. The number of aromatic nitrogens is 2. The first kappa shape index (κ1) is 14.0. The molecular formula is C23H16N2O. The van der Waals surface area contributed by atoms with Gasteiger partial charge in [-0.3, -0.25) is 4.98 Å². The Kier molecular flexibility index (Phi) is 2.42. The van der Waals surface area contributed by atoms with Gasteiger partial charge in [0, 0.05) is 33.3 Å². The van der Waals surface area contributed by atoms with E-state index in [1.54, 1.807) is 0 Å². The molecule has 124 valence electrons. The highest BCUT2D eigenvalue weighted by Gasteiger charge is 2.38. The van der Waals surface area contributed by atoms with Gasteiger partial charge in [0.25, 0.3) is 0 Å². The molecule has 0 radical (unpaired) electrons. The fourth-order valence-electron chi connectivity index (χ4n) is 4.50. The number of hydrogen-bond acceptors (Lipinski definition) is 3. The Labute approximate surface area is 150 Å². The fraction of sp³-hybridized carbons (Fsp3) is 0.130. The maximum absolute atomic E-state index is 6.15. The third kappa shape index (κ3) is 1.58. The number of pyridine rings is 2. The molecule has 3 heterocycles. The molecular weight excluding hydrogens is 320 g/mol. The molecule has 1 aliphatic carbocycles. The van der Waals surface area contributed by atoms with Crippen molar-refractivity contribution in [2.45, 2.75) is 19.3 Å². The van der Waals surface area contributed by atoms with Gasteiger partial charge in [-0.15, -0.1) is 0 Å². The van der Waals surface area contributed by atoms with Gasteiger partial charge in [0.15, 0.2) is 0 Å². The summed E-state index contributed by atoms with van der Waals surface area (Å²) >= 11 is 0. The minimum absolute atomic E-state index is 0.124. The molecule has 0 fully saturated rings. The molecule has 26 heavy (non-hydrogen) atoms. The monoisotopic (exact) mass is 336 g/mol. The summed E-state index contributed by atoms with van der Waals surface area (Å²) < 4.78 is 6.15. The summed E-state index contributed by atoms with van der Waals surface area (Å²) in [6, 6.07) is 18.8. The molecule has 3 nitrogen and oxygen atoms in total. The first-order chi connectivity index (χ1) is 12.6. The SMILES string of the molecule is CC1(C)c2cccnc2-c2ccc3oc4nc5ccccc5cc4c3c21. The second-order valence-corrected chi connectivity index (χ2v) is 7.52. The van der Waals surface area contributed by atoms with E-state index in [-0.39, 0.29) is 5.41 Å². The minimum atomic E-state index is -0.124. The Hall–Kier alpha value is -3.20. The lowest BCUT2D eigenvalue weighted by molar-refractivity contribution is 0.649. The van der Waals surface area contributed by atoms with Crippen LogP contribution in [0.2, 0.25) is 0 Å². The van der Waals surface area contributed by atoms with Gasteiger partial charge in [-0.05, 0) is 41.5 Å². The zero-order valence-corrected chi connectivity index (χ0v) is 14.6. The molecule has 0 N–H and O–H groups in total. The first-order valence-electron chi connectivity index (χ1n) is 8.86. The molecule has 5 aromatic rings. The number of rotatable bonds is 0. The van der Waals surface area contributed by atoms with Crippen molar-refractivity contribution in [3.63, 3.8) is 0 Å². The van der Waals surface area contributed by atoms with Gasteiger partial charge >= 0.3 is 0 Å². The molecule has 6 rings (SSSR count). The summed E-state index contributed by atoms with van der Waals surface area (Å²) in [5.41, 5.74) is 7.27. The van der Waals surface area contributed by atoms with Gasteiger partial charge < -0.3 is 4.42 Å². The molecule has 0 unspecified atom stereocenters. The highest BCUT2D eigenvalue weighted by Crippen LogP contribution is 2.52. The van der Waals surface area contributed by atoms with Crippen LogP contribution in [-0.2, 0) is 5.41 Å². The van der Waals surface area contributed by atoms with Crippen molar-refractivity contribution in [2.24, 2.45) is 0 Å². The van der Waals surface area contributed by atoms with Crippen LogP contribution in [0.15, 0.2) is 65.2 Å². The van der Waals surface area contributed by atoms with Gasteiger partial charge in [0.05, 0.1) is 11.2 Å². The van der Waals surface area contributed by atoms with Crippen LogP contribution < -0.4 is 0 Å². The summed E-state index contributed by atoms with van der Waals surface area (Å²) in [6.07, 6.45) is 1.87. The molecule has 0 amide bonds. The predicted octanol–water partition coefficient (Wildman–Crippen LogP) is 5.84. The maximum Gasteiger partial charge on any atom is 0.227 e. The zero-order chi connectivity index (χ0) is 17.5. The first-order valence-corrected chi connectivity index (χ1v) is 8.86. The van der Waals surface area contributed by atoms with Gasteiger partial charge in [-0.25, -0.2) is 4.98 Å². The van der Waals surface area contributed by atoms with Crippen molar-refractivity contribution in [2.75, 3.05) is 0 Å². The Balaban J connectivity index is 1.83. The fourth-order valence-corrected chi connectivity index (χ4v) is 4.50. The second kappa shape index (κ2) is 4.50. The normalized spacial score (nSPS) is 14.8. The number of furan rings is 1. The van der Waals surface area contributed by atoms with Crippen molar-refractivity contribution in [1.82, 2.24) is 9.97 Å². The van der Waals surface area contributed by atoms with Crippen molar-refractivity contribution < 1.29 is 4.42 Å². The molecule has 0 bridgehead atoms. The van der Waals surface area contributed by atoms with Crippen LogP contribution in [-0.4, -0.2) is 9.97 Å². The van der Waals surface area contributed by atoms with E-state index in [1.165, 1.54) is 22.1 Å². The van der Waals surface area contributed by atoms with E-state index in [0.29, 0.717) is 5.71 Å². The van der Waals surface area contributed by atoms with E-state index < -0.39 is 0 Å². The summed E-state index contributed by atoms with van der Waals surface area (Å²) in [5.74, 6) is 0. The topological polar surface area (TPSA) is 38.9 Å². The number of benzene rings is 2.